The van der Waals surface area contributed by atoms with Crippen molar-refractivity contribution in [3.8, 4) is 5.95 Å². The van der Waals surface area contributed by atoms with Crippen LogP contribution in [0.4, 0.5) is 3.89 Å². The van der Waals surface area contributed by atoms with Crippen molar-refractivity contribution in [1.29, 1.82) is 0 Å². The molecule has 84 valence electrons. The van der Waals surface area contributed by atoms with Gasteiger partial charge in [0, 0.05) is 16.9 Å². The quantitative estimate of drug-likeness (QED) is 0.447. The fourth-order valence-corrected chi connectivity index (χ4v) is 1.53. The molecule has 0 aliphatic heterocycles. The largest absolute Gasteiger partial charge is 0.519 e. The van der Waals surface area contributed by atoms with E-state index in [0.29, 0.717) is 6.29 Å². The number of halogens is 1. The van der Waals surface area contributed by atoms with E-state index in [0.717, 1.165) is 6.07 Å². The van der Waals surface area contributed by atoms with Crippen LogP contribution in [0.5, 0.6) is 5.95 Å². The lowest BCUT2D eigenvalue weighted by Gasteiger charge is -2.02. The van der Waals surface area contributed by atoms with E-state index in [1.165, 1.54) is 6.07 Å². The number of rotatable bonds is 4. The highest BCUT2D eigenvalue weighted by atomic mass is 32.3. The lowest BCUT2D eigenvalue weighted by Crippen LogP contribution is -1.91. The Bertz CT molecular complexity index is 540. The number of furan rings is 1. The van der Waals surface area contributed by atoms with Crippen LogP contribution in [0.3, 0.4) is 0 Å². The van der Waals surface area contributed by atoms with Gasteiger partial charge in [-0.1, -0.05) is 3.89 Å². The van der Waals surface area contributed by atoms with Crippen molar-refractivity contribution in [2.24, 2.45) is 3.77 Å². The third-order valence-corrected chi connectivity index (χ3v) is 2.53. The number of hydrogen-bond donors (Lipinski definition) is 0. The highest BCUT2D eigenvalue weighted by molar-refractivity contribution is 7.91. The highest BCUT2D eigenvalue weighted by Gasteiger charge is 2.00. The van der Waals surface area contributed by atoms with Gasteiger partial charge in [0.25, 0.3) is 5.95 Å². The van der Waals surface area contributed by atoms with Gasteiger partial charge in [0.2, 0.25) is 0 Å². The molecular weight excluding hydrogens is 253 g/mol. The lowest BCUT2D eigenvalue weighted by atomic mass is 10.5. The first kappa shape index (κ1) is 11.7. The molecule has 0 N–H and O–H groups in total. The predicted octanol–water partition coefficient (Wildman–Crippen LogP) is 0.748. The molecule has 0 bridgehead atoms. The highest BCUT2D eigenvalue weighted by Crippen LogP contribution is 2.14. The second-order valence-corrected chi connectivity index (χ2v) is 4.08. The lowest BCUT2D eigenvalue weighted by molar-refractivity contribution is 0.109. The molecule has 0 aliphatic rings. The summed E-state index contributed by atoms with van der Waals surface area (Å²) in [7, 11) is -8.03. The molecule has 7 nitrogen and oxygen atoms in total. The first-order valence-electron chi connectivity index (χ1n) is 3.23. The number of nitrogens with zero attached hydrogens (tertiary/aromatic N) is 1. The summed E-state index contributed by atoms with van der Waals surface area (Å²) in [5, 5.41) is 0. The van der Waals surface area contributed by atoms with Gasteiger partial charge in [0.1, 0.15) is 0 Å². The maximum Gasteiger partial charge on any atom is 0.398 e. The minimum atomic E-state index is -5.25. The summed E-state index contributed by atoms with van der Waals surface area (Å²) in [6.07, 6.45) is 0.346. The first-order chi connectivity index (χ1) is 6.90. The molecule has 1 rings (SSSR count). The predicted molar refractivity (Wildman–Crippen MR) is 45.2 cm³/mol. The van der Waals surface area contributed by atoms with Gasteiger partial charge in [-0.2, -0.15) is 8.42 Å². The molecule has 0 unspecified atom stereocenters. The Morgan fingerprint density at radius 1 is 1.53 bits per heavy atom. The van der Waals surface area contributed by atoms with Gasteiger partial charge in [-0.25, -0.2) is 3.77 Å². The second-order valence-electron chi connectivity index (χ2n) is 2.06. The van der Waals surface area contributed by atoms with Gasteiger partial charge in [-0.05, 0) is 6.07 Å². The summed E-state index contributed by atoms with van der Waals surface area (Å²) in [6, 6.07) is 2.28. The number of aldehydes is 1. The van der Waals surface area contributed by atoms with E-state index in [9.17, 15) is 21.3 Å². The molecule has 0 spiro atoms. The molecule has 15 heavy (non-hydrogen) atoms. The van der Waals surface area contributed by atoms with Crippen molar-refractivity contribution in [3.63, 3.8) is 0 Å². The zero-order valence-electron chi connectivity index (χ0n) is 6.82. The average molecular weight is 256 g/mol. The molecule has 0 saturated carbocycles. The van der Waals surface area contributed by atoms with Crippen molar-refractivity contribution in [2.45, 2.75) is 0 Å². The Balaban J connectivity index is 2.84. The van der Waals surface area contributed by atoms with Crippen molar-refractivity contribution >= 4 is 27.6 Å². The Hall–Kier alpha value is -1.42. The fraction of sp³-hybridized carbons (Fsp3) is 0. The number of carbonyl (C=O) groups is 1. The molecule has 1 aromatic rings. The summed E-state index contributed by atoms with van der Waals surface area (Å²) < 4.78 is 53.3. The molecule has 0 amide bonds. The van der Waals surface area contributed by atoms with Crippen molar-refractivity contribution in [2.75, 3.05) is 0 Å². The van der Waals surface area contributed by atoms with Crippen LogP contribution in [0.15, 0.2) is 20.3 Å². The van der Waals surface area contributed by atoms with E-state index < -0.39 is 27.2 Å². The molecule has 0 saturated heterocycles. The minimum Gasteiger partial charge on any atom is -0.519 e. The summed E-state index contributed by atoms with van der Waals surface area (Å²) in [4.78, 5) is 10.1. The fourth-order valence-electron chi connectivity index (χ4n) is 0.601. The third kappa shape index (κ3) is 4.08. The maximum atomic E-state index is 11.9. The Morgan fingerprint density at radius 3 is 2.67 bits per heavy atom. The SMILES string of the molecule is O=Cc1ccc(O/[S-](=O)=N/S(=O)(=O)F)o1. The van der Waals surface area contributed by atoms with E-state index >= 15 is 0 Å². The van der Waals surface area contributed by atoms with E-state index in [2.05, 4.69) is 12.4 Å². The Kier molecular flexibility index (Phi) is 3.42. The van der Waals surface area contributed by atoms with E-state index in [-0.39, 0.29) is 5.76 Å². The maximum absolute atomic E-state index is 11.9. The van der Waals surface area contributed by atoms with Crippen molar-refractivity contribution in [3.05, 3.63) is 17.9 Å². The molecule has 0 radical (unpaired) electrons. The van der Waals surface area contributed by atoms with Crippen molar-refractivity contribution < 1.29 is 29.9 Å². The molecule has 0 aromatic carbocycles. The zero-order chi connectivity index (χ0) is 11.5. The van der Waals surface area contributed by atoms with E-state index in [1.807, 2.05) is 0 Å². The Morgan fingerprint density at radius 2 is 2.20 bits per heavy atom. The Labute approximate surface area is 85.6 Å². The molecular formula is C5H3FNO6S2-. The van der Waals surface area contributed by atoms with Gasteiger partial charge in [0.15, 0.2) is 12.0 Å². The molecule has 1 aromatic heterocycles. The van der Waals surface area contributed by atoms with Gasteiger partial charge >= 0.3 is 10.4 Å². The normalized spacial score (nSPS) is 13.7. The summed E-state index contributed by atoms with van der Waals surface area (Å²) >= 11 is 0. The van der Waals surface area contributed by atoms with Crippen LogP contribution in [0.1, 0.15) is 10.6 Å². The van der Waals surface area contributed by atoms with Crippen LogP contribution in [-0.4, -0.2) is 14.7 Å². The van der Waals surface area contributed by atoms with Crippen LogP contribution >= 0.6 is 0 Å². The number of hydrogen-bond acceptors (Lipinski definition) is 7. The van der Waals surface area contributed by atoms with Crippen LogP contribution in [0, 0.1) is 0 Å². The van der Waals surface area contributed by atoms with Gasteiger partial charge in [-0.3, -0.25) is 4.79 Å². The van der Waals surface area contributed by atoms with Crippen molar-refractivity contribution in [1.82, 2.24) is 0 Å². The number of carbonyl (C=O) groups excluding carboxylic acids is 1. The molecule has 0 atom stereocenters. The summed E-state index contributed by atoms with van der Waals surface area (Å²) in [5.74, 6) is -0.534. The van der Waals surface area contributed by atoms with Crippen LogP contribution < -0.4 is 4.18 Å². The van der Waals surface area contributed by atoms with Crippen LogP contribution in [0.25, 0.3) is 0 Å². The van der Waals surface area contributed by atoms with E-state index in [4.69, 9.17) is 0 Å². The standard InChI is InChI=1S/C5H3FNO6S2/c6-15(10,11)7-14(9)13-5-2-1-4(3-8)12-5/h1-3H/q-1. The molecule has 10 heteroatoms. The molecule has 1 heterocycles. The topological polar surface area (TPSA) is 103 Å². The minimum absolute atomic E-state index is 0.120. The van der Waals surface area contributed by atoms with E-state index in [1.54, 1.807) is 0 Å². The monoisotopic (exact) mass is 256 g/mol. The zero-order valence-corrected chi connectivity index (χ0v) is 8.46. The second kappa shape index (κ2) is 4.40. The third-order valence-electron chi connectivity index (χ3n) is 1.02. The average Bonchev–Trinajstić information content (AvgIpc) is 2.48. The smallest absolute Gasteiger partial charge is 0.398 e. The molecule has 0 aliphatic carbocycles. The van der Waals surface area contributed by atoms with Gasteiger partial charge in [-0.15, -0.1) is 0 Å². The molecule has 0 fully saturated rings. The van der Waals surface area contributed by atoms with Gasteiger partial charge < -0.3 is 12.8 Å². The summed E-state index contributed by atoms with van der Waals surface area (Å²) in [5.41, 5.74) is 0. The van der Waals surface area contributed by atoms with Gasteiger partial charge in [0.05, 0.1) is 0 Å². The van der Waals surface area contributed by atoms with Crippen LogP contribution in [-0.2, 0) is 25.5 Å². The first-order valence-corrected chi connectivity index (χ1v) is 5.61. The summed E-state index contributed by atoms with van der Waals surface area (Å²) in [6.45, 7) is 0. The van der Waals surface area contributed by atoms with Crippen LogP contribution in [0.2, 0.25) is 0 Å².